The van der Waals surface area contributed by atoms with E-state index in [2.05, 4.69) is 36.4 Å². The number of nitrogens with one attached hydrogen (secondary N) is 2. The minimum Gasteiger partial charge on any atom is -0.352 e. The molecule has 24 heavy (non-hydrogen) atoms. The van der Waals surface area contributed by atoms with Crippen LogP contribution in [0.2, 0.25) is 0 Å². The summed E-state index contributed by atoms with van der Waals surface area (Å²) in [5.41, 5.74) is 1.12. The predicted molar refractivity (Wildman–Crippen MR) is 97.1 cm³/mol. The molecule has 0 bridgehead atoms. The number of carbonyl (C=O) groups excluding carboxylic acids is 2. The van der Waals surface area contributed by atoms with Gasteiger partial charge in [-0.2, -0.15) is 0 Å². The maximum Gasteiger partial charge on any atom is 0.253 e. The number of hydrogen-bond acceptors (Lipinski definition) is 3. The quantitative estimate of drug-likeness (QED) is 0.842. The number of anilines is 1. The van der Waals surface area contributed by atoms with Crippen molar-refractivity contribution in [3.05, 3.63) is 29.8 Å². The van der Waals surface area contributed by atoms with Crippen molar-refractivity contribution in [2.75, 3.05) is 32.0 Å². The molecule has 132 valence electrons. The van der Waals surface area contributed by atoms with E-state index in [4.69, 9.17) is 0 Å². The summed E-state index contributed by atoms with van der Waals surface area (Å²) >= 11 is 0. The number of rotatable bonds is 6. The van der Waals surface area contributed by atoms with E-state index in [1.165, 1.54) is 0 Å². The lowest BCUT2D eigenvalue weighted by Crippen LogP contribution is -2.32. The molecule has 2 amide bonds. The normalized spacial score (nSPS) is 16.2. The highest BCUT2D eigenvalue weighted by molar-refractivity contribution is 6.03. The fourth-order valence-corrected chi connectivity index (χ4v) is 2.91. The number of likely N-dealkylation sites (tertiary alicyclic amines) is 1. The van der Waals surface area contributed by atoms with E-state index in [-0.39, 0.29) is 11.8 Å². The highest BCUT2D eigenvalue weighted by atomic mass is 16.2. The van der Waals surface area contributed by atoms with Crippen molar-refractivity contribution in [1.29, 1.82) is 0 Å². The average Bonchev–Trinajstić information content (AvgIpc) is 2.55. The number of hydrogen-bond donors (Lipinski definition) is 2. The molecule has 0 aliphatic carbocycles. The number of benzene rings is 1. The summed E-state index contributed by atoms with van der Waals surface area (Å²) in [4.78, 5) is 27.0. The molecule has 0 saturated carbocycles. The maximum absolute atomic E-state index is 12.3. The summed E-state index contributed by atoms with van der Waals surface area (Å²) in [5.74, 6) is 0.677. The molecule has 2 N–H and O–H groups in total. The molecule has 0 radical (unpaired) electrons. The Hall–Kier alpha value is -1.88. The first-order chi connectivity index (χ1) is 11.5. The molecule has 1 saturated heterocycles. The van der Waals surface area contributed by atoms with Crippen LogP contribution in [0.4, 0.5) is 5.69 Å². The van der Waals surface area contributed by atoms with Gasteiger partial charge in [-0.15, -0.1) is 0 Å². The van der Waals surface area contributed by atoms with Crippen LogP contribution in [0.3, 0.4) is 0 Å². The summed E-state index contributed by atoms with van der Waals surface area (Å²) in [6.45, 7) is 6.82. The van der Waals surface area contributed by atoms with Crippen molar-refractivity contribution >= 4 is 17.5 Å². The monoisotopic (exact) mass is 331 g/mol. The van der Waals surface area contributed by atoms with E-state index in [0.29, 0.717) is 36.1 Å². The smallest absolute Gasteiger partial charge is 0.253 e. The van der Waals surface area contributed by atoms with Gasteiger partial charge in [0.05, 0.1) is 11.3 Å². The van der Waals surface area contributed by atoms with Gasteiger partial charge >= 0.3 is 0 Å². The van der Waals surface area contributed by atoms with Gasteiger partial charge < -0.3 is 15.5 Å². The van der Waals surface area contributed by atoms with Crippen molar-refractivity contribution in [1.82, 2.24) is 10.2 Å². The third kappa shape index (κ3) is 5.64. The number of amides is 2. The van der Waals surface area contributed by atoms with Gasteiger partial charge in [0.15, 0.2) is 0 Å². The van der Waals surface area contributed by atoms with E-state index in [0.717, 1.165) is 25.9 Å². The molecule has 5 nitrogen and oxygen atoms in total. The van der Waals surface area contributed by atoms with Crippen LogP contribution in [-0.2, 0) is 4.79 Å². The van der Waals surface area contributed by atoms with Crippen molar-refractivity contribution in [2.45, 2.75) is 33.1 Å². The first-order valence-corrected chi connectivity index (χ1v) is 8.81. The topological polar surface area (TPSA) is 61.4 Å². The Morgan fingerprint density at radius 2 is 1.88 bits per heavy atom. The molecule has 2 rings (SSSR count). The highest BCUT2D eigenvalue weighted by Gasteiger charge is 2.20. The zero-order chi connectivity index (χ0) is 17.5. The Labute approximate surface area is 144 Å². The van der Waals surface area contributed by atoms with Crippen molar-refractivity contribution in [3.8, 4) is 0 Å². The summed E-state index contributed by atoms with van der Waals surface area (Å²) in [6.07, 6.45) is 2.64. The molecule has 1 aliphatic rings. The van der Waals surface area contributed by atoms with Crippen LogP contribution >= 0.6 is 0 Å². The van der Waals surface area contributed by atoms with Crippen LogP contribution in [0.1, 0.15) is 43.5 Å². The first kappa shape index (κ1) is 18.5. The summed E-state index contributed by atoms with van der Waals surface area (Å²) < 4.78 is 0. The lowest BCUT2D eigenvalue weighted by atomic mass is 9.93. The number of piperidine rings is 1. The Balaban J connectivity index is 1.94. The molecule has 0 unspecified atom stereocenters. The van der Waals surface area contributed by atoms with E-state index in [9.17, 15) is 9.59 Å². The zero-order valence-electron chi connectivity index (χ0n) is 15.0. The van der Waals surface area contributed by atoms with Gasteiger partial charge in [0.1, 0.15) is 0 Å². The molecule has 1 aliphatic heterocycles. The summed E-state index contributed by atoms with van der Waals surface area (Å²) in [5, 5.41) is 5.83. The van der Waals surface area contributed by atoms with E-state index in [1.54, 1.807) is 12.1 Å². The molecule has 1 heterocycles. The van der Waals surface area contributed by atoms with Crippen LogP contribution in [0.25, 0.3) is 0 Å². The number of nitrogens with zero attached hydrogens (tertiary/aromatic N) is 1. The largest absolute Gasteiger partial charge is 0.352 e. The second-order valence-corrected chi connectivity index (χ2v) is 7.15. The van der Waals surface area contributed by atoms with Crippen molar-refractivity contribution < 1.29 is 9.59 Å². The maximum atomic E-state index is 12.3. The minimum atomic E-state index is -0.140. The molecule has 1 fully saturated rings. The lowest BCUT2D eigenvalue weighted by Gasteiger charge is -2.28. The van der Waals surface area contributed by atoms with Crippen LogP contribution in [-0.4, -0.2) is 43.4 Å². The Kier molecular flexibility index (Phi) is 6.79. The third-order valence-corrected chi connectivity index (χ3v) is 4.43. The second-order valence-electron chi connectivity index (χ2n) is 7.15. The van der Waals surface area contributed by atoms with Gasteiger partial charge in [-0.1, -0.05) is 26.0 Å². The molecular weight excluding hydrogens is 302 g/mol. The number of carbonyl (C=O) groups is 2. The van der Waals surface area contributed by atoms with Gasteiger partial charge in [-0.05, 0) is 56.9 Å². The Morgan fingerprint density at radius 3 is 2.54 bits per heavy atom. The fraction of sp³-hybridized carbons (Fsp3) is 0.579. The minimum absolute atomic E-state index is 0.00587. The number of para-hydroxylation sites is 1. The van der Waals surface area contributed by atoms with Crippen molar-refractivity contribution in [2.24, 2.45) is 11.8 Å². The summed E-state index contributed by atoms with van der Waals surface area (Å²) in [7, 11) is 2.11. The fourth-order valence-electron chi connectivity index (χ4n) is 2.91. The molecule has 1 aromatic rings. The molecule has 0 spiro atoms. The third-order valence-electron chi connectivity index (χ3n) is 4.43. The van der Waals surface area contributed by atoms with Gasteiger partial charge in [-0.3, -0.25) is 9.59 Å². The van der Waals surface area contributed by atoms with Gasteiger partial charge in [0.25, 0.3) is 5.91 Å². The van der Waals surface area contributed by atoms with Gasteiger partial charge in [-0.25, -0.2) is 0 Å². The molecule has 0 atom stereocenters. The predicted octanol–water partition coefficient (Wildman–Crippen LogP) is 2.74. The van der Waals surface area contributed by atoms with Crippen LogP contribution in [0.5, 0.6) is 0 Å². The van der Waals surface area contributed by atoms with Gasteiger partial charge in [0.2, 0.25) is 5.91 Å². The SMILES string of the molecule is CC(C)CNC(=O)c1ccccc1NC(=O)CC1CCN(C)CC1. The van der Waals surface area contributed by atoms with Crippen LogP contribution < -0.4 is 10.6 Å². The molecule has 5 heteroatoms. The average molecular weight is 331 g/mol. The van der Waals surface area contributed by atoms with Crippen molar-refractivity contribution in [3.63, 3.8) is 0 Å². The van der Waals surface area contributed by atoms with E-state index < -0.39 is 0 Å². The summed E-state index contributed by atoms with van der Waals surface area (Å²) in [6, 6.07) is 7.19. The van der Waals surface area contributed by atoms with Crippen LogP contribution in [0.15, 0.2) is 24.3 Å². The highest BCUT2D eigenvalue weighted by Crippen LogP contribution is 2.21. The Morgan fingerprint density at radius 1 is 1.21 bits per heavy atom. The first-order valence-electron chi connectivity index (χ1n) is 8.81. The van der Waals surface area contributed by atoms with Gasteiger partial charge in [0, 0.05) is 13.0 Å². The second kappa shape index (κ2) is 8.83. The zero-order valence-corrected chi connectivity index (χ0v) is 15.0. The standard InChI is InChI=1S/C19H29N3O2/c1-14(2)13-20-19(24)16-6-4-5-7-17(16)21-18(23)12-15-8-10-22(3)11-9-15/h4-7,14-15H,8-13H2,1-3H3,(H,20,24)(H,21,23). The molecule has 1 aromatic carbocycles. The lowest BCUT2D eigenvalue weighted by molar-refractivity contribution is -0.117. The Bertz CT molecular complexity index is 563. The van der Waals surface area contributed by atoms with E-state index in [1.807, 2.05) is 12.1 Å². The van der Waals surface area contributed by atoms with E-state index >= 15 is 0 Å². The van der Waals surface area contributed by atoms with Crippen LogP contribution in [0, 0.1) is 11.8 Å². The molecule has 0 aromatic heterocycles. The molecular formula is C19H29N3O2.